The molecule has 0 N–H and O–H groups in total. The number of benzene rings is 4. The van der Waals surface area contributed by atoms with Crippen LogP contribution in [0.3, 0.4) is 0 Å². The number of halogens is 4. The molecular formula is C34H32BF4N. The Morgan fingerprint density at radius 3 is 1.27 bits per heavy atom. The summed E-state index contributed by atoms with van der Waals surface area (Å²) in [5.74, 6) is 0. The van der Waals surface area contributed by atoms with Gasteiger partial charge in [-0.15, -0.1) is 0 Å². The van der Waals surface area contributed by atoms with Crippen molar-refractivity contribution in [3.8, 4) is 33.6 Å². The number of hydrogen-bond donors (Lipinski definition) is 0. The molecule has 0 fully saturated rings. The summed E-state index contributed by atoms with van der Waals surface area (Å²) >= 11 is 0. The average Bonchev–Trinajstić information content (AvgIpc) is 2.93. The second kappa shape index (κ2) is 12.3. The quantitative estimate of drug-likeness (QED) is 0.119. The van der Waals surface area contributed by atoms with E-state index in [-0.39, 0.29) is 5.41 Å². The lowest BCUT2D eigenvalue weighted by Crippen LogP contribution is -2.39. The highest BCUT2D eigenvalue weighted by Crippen LogP contribution is 2.30. The molecule has 0 radical (unpaired) electrons. The van der Waals surface area contributed by atoms with Gasteiger partial charge in [-0.3, -0.25) is 0 Å². The van der Waals surface area contributed by atoms with E-state index < -0.39 is 7.25 Å². The fraction of sp³-hybridized carbons (Fsp3) is 0.147. The summed E-state index contributed by atoms with van der Waals surface area (Å²) in [4.78, 5) is 0. The van der Waals surface area contributed by atoms with E-state index in [0.29, 0.717) is 0 Å². The second-order valence-electron chi connectivity index (χ2n) is 10.6. The molecule has 0 saturated heterocycles. The van der Waals surface area contributed by atoms with E-state index >= 15 is 0 Å². The summed E-state index contributed by atoms with van der Waals surface area (Å²) in [7, 11) is -6.00. The predicted octanol–water partition coefficient (Wildman–Crippen LogP) is 9.62. The number of aromatic nitrogens is 1. The SMILES string of the molecule is CC(C)(C)c1ccc(C[n+]2c(-c3ccccc3)cc(-c3ccccc3)cc2-c2ccccc2)cc1.F[B-](F)(F)F. The van der Waals surface area contributed by atoms with Crippen LogP contribution in [0.1, 0.15) is 31.9 Å². The second-order valence-corrected chi connectivity index (χ2v) is 10.6. The maximum absolute atomic E-state index is 9.75. The standard InChI is InChI=1S/C34H32N.BF4/c1-34(2,3)31-21-19-26(20-22-31)25-35-32(28-15-9-5-10-16-28)23-30(27-13-7-4-8-14-27)24-33(35)29-17-11-6-12-18-29;2-1(3,4)5/h4-24H,25H2,1-3H3;/q+1;-1. The van der Waals surface area contributed by atoms with Crippen molar-refractivity contribution in [2.75, 3.05) is 0 Å². The lowest BCUT2D eigenvalue weighted by molar-refractivity contribution is -0.666. The highest BCUT2D eigenvalue weighted by Gasteiger charge is 2.23. The van der Waals surface area contributed by atoms with Gasteiger partial charge < -0.3 is 17.3 Å². The molecule has 1 aromatic heterocycles. The summed E-state index contributed by atoms with van der Waals surface area (Å²) in [6, 6.07) is 45.9. The van der Waals surface area contributed by atoms with Gasteiger partial charge in [0.2, 0.25) is 11.4 Å². The van der Waals surface area contributed by atoms with E-state index in [9.17, 15) is 17.3 Å². The minimum atomic E-state index is -6.00. The lowest BCUT2D eigenvalue weighted by Gasteiger charge is -2.19. The van der Waals surface area contributed by atoms with Crippen molar-refractivity contribution in [1.29, 1.82) is 0 Å². The minimum absolute atomic E-state index is 0.146. The molecule has 0 saturated carbocycles. The Morgan fingerprint density at radius 1 is 0.525 bits per heavy atom. The smallest absolute Gasteiger partial charge is 0.418 e. The van der Waals surface area contributed by atoms with E-state index in [1.165, 1.54) is 44.8 Å². The van der Waals surface area contributed by atoms with Crippen LogP contribution in [-0.4, -0.2) is 7.25 Å². The molecule has 6 heteroatoms. The topological polar surface area (TPSA) is 3.88 Å². The summed E-state index contributed by atoms with van der Waals surface area (Å²) in [5, 5.41) is 0. The van der Waals surface area contributed by atoms with Crippen LogP contribution in [0.25, 0.3) is 33.6 Å². The third kappa shape index (κ3) is 7.92. The van der Waals surface area contributed by atoms with Crippen molar-refractivity contribution in [3.05, 3.63) is 139 Å². The van der Waals surface area contributed by atoms with Gasteiger partial charge in [-0.2, -0.15) is 4.57 Å². The molecule has 204 valence electrons. The van der Waals surface area contributed by atoms with E-state index in [1.54, 1.807) is 0 Å². The predicted molar refractivity (Wildman–Crippen MR) is 157 cm³/mol. The Balaban J connectivity index is 0.000000681. The molecule has 5 rings (SSSR count). The third-order valence-corrected chi connectivity index (χ3v) is 6.57. The Morgan fingerprint density at radius 2 is 0.900 bits per heavy atom. The van der Waals surface area contributed by atoms with Crippen molar-refractivity contribution in [2.45, 2.75) is 32.7 Å². The van der Waals surface area contributed by atoms with Gasteiger partial charge in [-0.25, -0.2) is 0 Å². The van der Waals surface area contributed by atoms with Gasteiger partial charge in [0.05, 0.1) is 0 Å². The van der Waals surface area contributed by atoms with Gasteiger partial charge in [0.25, 0.3) is 0 Å². The monoisotopic (exact) mass is 541 g/mol. The fourth-order valence-corrected chi connectivity index (χ4v) is 4.58. The van der Waals surface area contributed by atoms with Crippen molar-refractivity contribution in [2.24, 2.45) is 0 Å². The first-order valence-electron chi connectivity index (χ1n) is 13.2. The van der Waals surface area contributed by atoms with Crippen LogP contribution >= 0.6 is 0 Å². The Labute approximate surface area is 233 Å². The maximum Gasteiger partial charge on any atom is 0.673 e. The van der Waals surface area contributed by atoms with Crippen molar-refractivity contribution in [3.63, 3.8) is 0 Å². The van der Waals surface area contributed by atoms with Crippen molar-refractivity contribution < 1.29 is 21.8 Å². The largest absolute Gasteiger partial charge is 0.673 e. The van der Waals surface area contributed by atoms with Gasteiger partial charge >= 0.3 is 7.25 Å². The molecule has 0 aliphatic carbocycles. The van der Waals surface area contributed by atoms with E-state index in [2.05, 4.69) is 153 Å². The zero-order chi connectivity index (χ0) is 28.8. The third-order valence-electron chi connectivity index (χ3n) is 6.57. The molecule has 4 aromatic carbocycles. The number of hydrogen-bond acceptors (Lipinski definition) is 0. The molecule has 0 aliphatic heterocycles. The molecule has 5 aromatic rings. The molecule has 0 aliphatic rings. The van der Waals surface area contributed by atoms with Gasteiger partial charge in [0.1, 0.15) is 0 Å². The lowest BCUT2D eigenvalue weighted by atomic mass is 9.87. The molecular weight excluding hydrogens is 509 g/mol. The van der Waals surface area contributed by atoms with Crippen molar-refractivity contribution in [1.82, 2.24) is 0 Å². The molecule has 0 spiro atoms. The number of nitrogens with zero attached hydrogens (tertiary/aromatic N) is 1. The van der Waals surface area contributed by atoms with E-state index in [0.717, 1.165) is 6.54 Å². The molecule has 0 unspecified atom stereocenters. The van der Waals surface area contributed by atoms with Crippen LogP contribution in [0.2, 0.25) is 0 Å². The minimum Gasteiger partial charge on any atom is -0.418 e. The van der Waals surface area contributed by atoms with Crippen LogP contribution in [0, 0.1) is 0 Å². The first kappa shape index (κ1) is 28.8. The highest BCUT2D eigenvalue weighted by atomic mass is 19.5. The highest BCUT2D eigenvalue weighted by molar-refractivity contribution is 6.50. The van der Waals surface area contributed by atoms with E-state index in [1.807, 2.05) is 0 Å². The number of pyridine rings is 1. The normalized spacial score (nSPS) is 11.5. The summed E-state index contributed by atoms with van der Waals surface area (Å²) in [5.41, 5.74) is 10.1. The Kier molecular flexibility index (Phi) is 8.88. The van der Waals surface area contributed by atoms with Gasteiger partial charge in [0, 0.05) is 28.8 Å². The van der Waals surface area contributed by atoms with Crippen LogP contribution in [-0.2, 0) is 12.0 Å². The van der Waals surface area contributed by atoms with Gasteiger partial charge in [-0.1, -0.05) is 112 Å². The van der Waals surface area contributed by atoms with Crippen LogP contribution in [0.4, 0.5) is 17.3 Å². The molecule has 1 nitrogen and oxygen atoms in total. The molecule has 0 atom stereocenters. The van der Waals surface area contributed by atoms with E-state index in [4.69, 9.17) is 0 Å². The Hall–Kier alpha value is -4.19. The molecule has 0 bridgehead atoms. The summed E-state index contributed by atoms with van der Waals surface area (Å²) in [6.45, 7) is 7.59. The number of rotatable bonds is 5. The van der Waals surface area contributed by atoms with Gasteiger partial charge in [-0.05, 0) is 46.4 Å². The molecule has 0 amide bonds. The zero-order valence-corrected chi connectivity index (χ0v) is 22.9. The first-order valence-corrected chi connectivity index (χ1v) is 13.2. The fourth-order valence-electron chi connectivity index (χ4n) is 4.58. The average molecular weight is 541 g/mol. The summed E-state index contributed by atoms with van der Waals surface area (Å²) in [6.07, 6.45) is 0. The summed E-state index contributed by atoms with van der Waals surface area (Å²) < 4.78 is 41.5. The van der Waals surface area contributed by atoms with Crippen LogP contribution in [0.5, 0.6) is 0 Å². The maximum atomic E-state index is 9.75. The van der Waals surface area contributed by atoms with Crippen LogP contribution in [0.15, 0.2) is 127 Å². The molecule has 1 heterocycles. The molecule has 40 heavy (non-hydrogen) atoms. The van der Waals surface area contributed by atoms with Crippen molar-refractivity contribution >= 4 is 7.25 Å². The van der Waals surface area contributed by atoms with Gasteiger partial charge in [0.15, 0.2) is 6.54 Å². The Bertz CT molecular complexity index is 1440. The zero-order valence-electron chi connectivity index (χ0n) is 22.9. The van der Waals surface area contributed by atoms with Crippen LogP contribution < -0.4 is 4.57 Å². The first-order chi connectivity index (χ1) is 19.0.